The van der Waals surface area contributed by atoms with Crippen LogP contribution in [0.1, 0.15) is 0 Å². The zero-order valence-electron chi connectivity index (χ0n) is 9.61. The topological polar surface area (TPSA) is 100 Å². The quantitative estimate of drug-likeness (QED) is 0.626. The number of nitro groups is 1. The minimum Gasteiger partial charge on any atom is -0.467 e. The molecule has 2 aromatic rings. The molecule has 0 atom stereocenters. The molecular formula is C10H7ClN4O4. The zero-order chi connectivity index (χ0) is 13.8. The van der Waals surface area contributed by atoms with E-state index in [0.29, 0.717) is 5.75 Å². The number of ether oxygens (including phenoxy) is 2. The summed E-state index contributed by atoms with van der Waals surface area (Å²) in [6, 6.07) is 5.39. The van der Waals surface area contributed by atoms with Gasteiger partial charge in [-0.15, -0.1) is 4.98 Å². The van der Waals surface area contributed by atoms with E-state index in [4.69, 9.17) is 21.1 Å². The van der Waals surface area contributed by atoms with Crippen LogP contribution in [-0.2, 0) is 0 Å². The number of non-ortho nitro benzene ring substituents is 1. The highest BCUT2D eigenvalue weighted by Crippen LogP contribution is 2.22. The Labute approximate surface area is 112 Å². The van der Waals surface area contributed by atoms with Gasteiger partial charge in [-0.1, -0.05) is 0 Å². The number of nitrogens with zero attached hydrogens (tertiary/aromatic N) is 4. The van der Waals surface area contributed by atoms with Crippen LogP contribution >= 0.6 is 11.6 Å². The highest BCUT2D eigenvalue weighted by Gasteiger charge is 2.09. The third kappa shape index (κ3) is 3.26. The molecule has 0 spiro atoms. The normalized spacial score (nSPS) is 10.0. The molecule has 0 N–H and O–H groups in total. The van der Waals surface area contributed by atoms with Gasteiger partial charge in [0.2, 0.25) is 5.28 Å². The Morgan fingerprint density at radius 2 is 1.79 bits per heavy atom. The van der Waals surface area contributed by atoms with Gasteiger partial charge in [0.1, 0.15) is 5.75 Å². The standard InChI is InChI=1S/C10H7ClN4O4/c1-18-9-12-8(11)13-10(14-9)19-7-4-2-6(3-5-7)15(16)17/h2-5H,1H3. The fourth-order valence-corrected chi connectivity index (χ4v) is 1.34. The van der Waals surface area contributed by atoms with Crippen molar-refractivity contribution in [2.75, 3.05) is 7.11 Å². The molecule has 0 saturated heterocycles. The number of methoxy groups -OCH3 is 1. The maximum atomic E-state index is 10.5. The van der Waals surface area contributed by atoms with Crippen LogP contribution in [0.4, 0.5) is 5.69 Å². The van der Waals surface area contributed by atoms with Gasteiger partial charge in [0, 0.05) is 12.1 Å². The van der Waals surface area contributed by atoms with Crippen LogP contribution in [0.15, 0.2) is 24.3 Å². The van der Waals surface area contributed by atoms with Crippen molar-refractivity contribution in [1.82, 2.24) is 15.0 Å². The second kappa shape index (κ2) is 5.44. The van der Waals surface area contributed by atoms with Gasteiger partial charge in [-0.05, 0) is 23.7 Å². The van der Waals surface area contributed by atoms with E-state index < -0.39 is 4.92 Å². The lowest BCUT2D eigenvalue weighted by molar-refractivity contribution is -0.384. The molecule has 9 heteroatoms. The lowest BCUT2D eigenvalue weighted by atomic mass is 10.3. The summed E-state index contributed by atoms with van der Waals surface area (Å²) in [5.41, 5.74) is -0.0430. The summed E-state index contributed by atoms with van der Waals surface area (Å²) in [5, 5.41) is 10.4. The summed E-state index contributed by atoms with van der Waals surface area (Å²) >= 11 is 5.65. The molecule has 19 heavy (non-hydrogen) atoms. The average molecular weight is 283 g/mol. The molecule has 1 aromatic carbocycles. The van der Waals surface area contributed by atoms with Crippen molar-refractivity contribution in [2.45, 2.75) is 0 Å². The summed E-state index contributed by atoms with van der Waals surface area (Å²) in [6.07, 6.45) is 0. The van der Waals surface area contributed by atoms with Crippen LogP contribution in [0.3, 0.4) is 0 Å². The molecule has 0 amide bonds. The van der Waals surface area contributed by atoms with E-state index in [1.807, 2.05) is 0 Å². The van der Waals surface area contributed by atoms with Gasteiger partial charge in [-0.2, -0.15) is 9.97 Å². The van der Waals surface area contributed by atoms with Crippen molar-refractivity contribution in [3.05, 3.63) is 39.7 Å². The maximum absolute atomic E-state index is 10.5. The first-order valence-corrected chi connectivity index (χ1v) is 5.34. The lowest BCUT2D eigenvalue weighted by Gasteiger charge is -2.04. The molecule has 0 unspecified atom stereocenters. The molecule has 0 aliphatic rings. The Balaban J connectivity index is 2.21. The number of hydrogen-bond acceptors (Lipinski definition) is 7. The van der Waals surface area contributed by atoms with E-state index in [1.165, 1.54) is 31.4 Å². The van der Waals surface area contributed by atoms with Gasteiger partial charge in [-0.25, -0.2) is 0 Å². The highest BCUT2D eigenvalue weighted by atomic mass is 35.5. The second-order valence-corrected chi connectivity index (χ2v) is 3.56. The molecule has 0 aliphatic heterocycles. The first-order valence-electron chi connectivity index (χ1n) is 4.96. The van der Waals surface area contributed by atoms with Crippen LogP contribution in [0, 0.1) is 10.1 Å². The van der Waals surface area contributed by atoms with E-state index in [1.54, 1.807) is 0 Å². The summed E-state index contributed by atoms with van der Waals surface area (Å²) in [4.78, 5) is 21.2. The molecule has 0 aliphatic carbocycles. The van der Waals surface area contributed by atoms with Gasteiger partial charge in [0.05, 0.1) is 12.0 Å². The predicted octanol–water partition coefficient (Wildman–Crippen LogP) is 2.23. The molecule has 0 bridgehead atoms. The number of benzene rings is 1. The summed E-state index contributed by atoms with van der Waals surface area (Å²) < 4.78 is 10.1. The van der Waals surface area contributed by atoms with Gasteiger partial charge < -0.3 is 9.47 Å². The smallest absolute Gasteiger partial charge is 0.329 e. The Morgan fingerprint density at radius 1 is 1.16 bits per heavy atom. The van der Waals surface area contributed by atoms with Crippen molar-refractivity contribution in [1.29, 1.82) is 0 Å². The molecule has 8 nitrogen and oxygen atoms in total. The molecule has 0 saturated carbocycles. The number of aromatic nitrogens is 3. The fraction of sp³-hybridized carbons (Fsp3) is 0.100. The minimum absolute atomic E-state index is 0.0110. The van der Waals surface area contributed by atoms with E-state index in [0.717, 1.165) is 0 Å². The first-order chi connectivity index (χ1) is 9.08. The molecule has 0 radical (unpaired) electrons. The number of nitro benzene ring substituents is 1. The highest BCUT2D eigenvalue weighted by molar-refractivity contribution is 6.28. The monoisotopic (exact) mass is 282 g/mol. The van der Waals surface area contributed by atoms with Crippen LogP contribution in [0.25, 0.3) is 0 Å². The van der Waals surface area contributed by atoms with E-state index in [9.17, 15) is 10.1 Å². The largest absolute Gasteiger partial charge is 0.467 e. The minimum atomic E-state index is -0.507. The molecular weight excluding hydrogens is 276 g/mol. The fourth-order valence-electron chi connectivity index (χ4n) is 1.19. The Bertz CT molecular complexity index is 605. The average Bonchev–Trinajstić information content (AvgIpc) is 2.38. The summed E-state index contributed by atoms with van der Waals surface area (Å²) in [6.45, 7) is 0. The van der Waals surface area contributed by atoms with Crippen molar-refractivity contribution < 1.29 is 14.4 Å². The van der Waals surface area contributed by atoms with Crippen LogP contribution in [0.2, 0.25) is 5.28 Å². The van der Waals surface area contributed by atoms with Crippen LogP contribution < -0.4 is 9.47 Å². The summed E-state index contributed by atoms with van der Waals surface area (Å²) in [5.74, 6) is 0.329. The predicted molar refractivity (Wildman–Crippen MR) is 64.6 cm³/mol. The van der Waals surface area contributed by atoms with E-state index in [2.05, 4.69) is 15.0 Å². The molecule has 0 fully saturated rings. The maximum Gasteiger partial charge on any atom is 0.329 e. The lowest BCUT2D eigenvalue weighted by Crippen LogP contribution is -1.98. The third-order valence-corrected chi connectivity index (χ3v) is 2.18. The SMILES string of the molecule is COc1nc(Cl)nc(Oc2ccc([N+](=O)[O-])cc2)n1. The molecule has 98 valence electrons. The number of hydrogen-bond donors (Lipinski definition) is 0. The first kappa shape index (κ1) is 13.0. The molecule has 2 rings (SSSR count). The Kier molecular flexibility index (Phi) is 3.71. The Hall–Kier alpha value is -2.48. The summed E-state index contributed by atoms with van der Waals surface area (Å²) in [7, 11) is 1.38. The zero-order valence-corrected chi connectivity index (χ0v) is 10.4. The van der Waals surface area contributed by atoms with Crippen molar-refractivity contribution >= 4 is 17.3 Å². The van der Waals surface area contributed by atoms with Gasteiger partial charge in [0.15, 0.2) is 0 Å². The van der Waals surface area contributed by atoms with E-state index in [-0.39, 0.29) is 23.0 Å². The van der Waals surface area contributed by atoms with Gasteiger partial charge >= 0.3 is 12.0 Å². The van der Waals surface area contributed by atoms with E-state index >= 15 is 0 Å². The molecule has 1 aromatic heterocycles. The van der Waals surface area contributed by atoms with Crippen molar-refractivity contribution in [2.24, 2.45) is 0 Å². The van der Waals surface area contributed by atoms with Crippen LogP contribution in [-0.4, -0.2) is 27.0 Å². The Morgan fingerprint density at radius 3 is 2.37 bits per heavy atom. The van der Waals surface area contributed by atoms with Gasteiger partial charge in [0.25, 0.3) is 5.69 Å². The van der Waals surface area contributed by atoms with Gasteiger partial charge in [-0.3, -0.25) is 10.1 Å². The number of halogens is 1. The van der Waals surface area contributed by atoms with Crippen molar-refractivity contribution in [3.63, 3.8) is 0 Å². The third-order valence-electron chi connectivity index (χ3n) is 2.01. The number of rotatable bonds is 4. The molecule has 1 heterocycles. The van der Waals surface area contributed by atoms with Crippen LogP contribution in [0.5, 0.6) is 17.8 Å². The van der Waals surface area contributed by atoms with Crippen molar-refractivity contribution in [3.8, 4) is 17.8 Å². The second-order valence-electron chi connectivity index (χ2n) is 3.23.